The van der Waals surface area contributed by atoms with Crippen molar-refractivity contribution in [3.05, 3.63) is 53.4 Å². The van der Waals surface area contributed by atoms with Crippen LogP contribution in [0.15, 0.2) is 47.8 Å². The first kappa shape index (κ1) is 23.6. The predicted octanol–water partition coefficient (Wildman–Crippen LogP) is 3.81. The van der Waals surface area contributed by atoms with Gasteiger partial charge in [-0.3, -0.25) is 4.79 Å². The number of benzene rings is 2. The van der Waals surface area contributed by atoms with Crippen molar-refractivity contribution in [2.75, 3.05) is 50.8 Å². The van der Waals surface area contributed by atoms with Crippen LogP contribution in [0.25, 0.3) is 10.1 Å². The molecule has 2 aromatic carbocycles. The second kappa shape index (κ2) is 10.3. The summed E-state index contributed by atoms with van der Waals surface area (Å²) in [4.78, 5) is 18.1. The zero-order valence-electron chi connectivity index (χ0n) is 20.4. The minimum absolute atomic E-state index is 0.0236. The Morgan fingerprint density at radius 3 is 2.75 bits per heavy atom. The van der Waals surface area contributed by atoms with E-state index in [1.807, 2.05) is 18.2 Å². The summed E-state index contributed by atoms with van der Waals surface area (Å²) in [7, 11) is 0. The van der Waals surface area contributed by atoms with Gasteiger partial charge in [-0.2, -0.15) is 0 Å². The molecule has 3 aliphatic rings. The van der Waals surface area contributed by atoms with Crippen molar-refractivity contribution in [2.45, 2.75) is 31.4 Å². The van der Waals surface area contributed by atoms with E-state index in [4.69, 9.17) is 9.47 Å². The number of anilines is 1. The maximum absolute atomic E-state index is 13.4. The van der Waals surface area contributed by atoms with E-state index in [1.165, 1.54) is 15.8 Å². The molecule has 2 N–H and O–H groups in total. The highest BCUT2D eigenvalue weighted by Gasteiger charge is 2.33. The molecule has 3 aromatic rings. The molecule has 0 aliphatic carbocycles. The molecule has 1 aromatic heterocycles. The average molecular weight is 508 g/mol. The fourth-order valence-corrected chi connectivity index (χ4v) is 6.42. The fraction of sp³-hybridized carbons (Fsp3) is 0.464. The third-order valence-electron chi connectivity index (χ3n) is 7.63. The first-order chi connectivity index (χ1) is 17.6. The summed E-state index contributed by atoms with van der Waals surface area (Å²) in [6.07, 6.45) is 2.30. The maximum Gasteiger partial charge on any atom is 0.225 e. The van der Waals surface area contributed by atoms with Crippen LogP contribution < -0.4 is 19.7 Å². The number of nitrogens with one attached hydrogen (secondary N) is 1. The Labute approximate surface area is 215 Å². The van der Waals surface area contributed by atoms with Gasteiger partial charge in [0.15, 0.2) is 11.5 Å². The minimum atomic E-state index is -0.830. The predicted molar refractivity (Wildman–Crippen MR) is 142 cm³/mol. The lowest BCUT2D eigenvalue weighted by Gasteiger charge is -2.30. The lowest BCUT2D eigenvalue weighted by molar-refractivity contribution is -0.126. The van der Waals surface area contributed by atoms with Gasteiger partial charge in [-0.15, -0.1) is 11.3 Å². The summed E-state index contributed by atoms with van der Waals surface area (Å²) in [6, 6.07) is 13.8. The van der Waals surface area contributed by atoms with Gasteiger partial charge in [-0.05, 0) is 79.0 Å². The van der Waals surface area contributed by atoms with Crippen LogP contribution in [-0.4, -0.2) is 67.9 Å². The quantitative estimate of drug-likeness (QED) is 0.507. The average Bonchev–Trinajstić information content (AvgIpc) is 3.69. The highest BCUT2D eigenvalue weighted by Crippen LogP contribution is 2.34. The number of ether oxygens (including phenoxy) is 2. The molecule has 36 heavy (non-hydrogen) atoms. The van der Waals surface area contributed by atoms with Crippen molar-refractivity contribution in [3.63, 3.8) is 0 Å². The zero-order valence-corrected chi connectivity index (χ0v) is 21.2. The number of amides is 1. The molecule has 3 aliphatic heterocycles. The fourth-order valence-electron chi connectivity index (χ4n) is 5.59. The SMILES string of the molecule is O=C(N[C@H](CN1CCCC1)[C@H](O)c1ccc2c(c1)OCCO2)[C@@H]1CCN(c2ccc3ccsc3c2)C1. The number of hydrogen-bond donors (Lipinski definition) is 2. The van der Waals surface area contributed by atoms with Gasteiger partial charge in [0.2, 0.25) is 5.91 Å². The molecule has 2 fully saturated rings. The Balaban J connectivity index is 1.15. The Kier molecular flexibility index (Phi) is 6.73. The van der Waals surface area contributed by atoms with Crippen LogP contribution in [0.4, 0.5) is 5.69 Å². The number of carbonyl (C=O) groups is 1. The molecular weight excluding hydrogens is 474 g/mol. The second-order valence-electron chi connectivity index (χ2n) is 10.0. The molecule has 0 unspecified atom stereocenters. The van der Waals surface area contributed by atoms with Gasteiger partial charge in [0, 0.05) is 30.0 Å². The van der Waals surface area contributed by atoms with Gasteiger partial charge in [-0.1, -0.05) is 12.1 Å². The van der Waals surface area contributed by atoms with Crippen molar-refractivity contribution >= 4 is 33.0 Å². The van der Waals surface area contributed by atoms with E-state index >= 15 is 0 Å². The molecule has 0 bridgehead atoms. The number of carbonyl (C=O) groups excluding carboxylic acids is 1. The van der Waals surface area contributed by atoms with Crippen LogP contribution in [0.5, 0.6) is 11.5 Å². The number of fused-ring (bicyclic) bond motifs is 2. The highest BCUT2D eigenvalue weighted by atomic mass is 32.1. The van der Waals surface area contributed by atoms with Crippen LogP contribution in [0.1, 0.15) is 30.9 Å². The largest absolute Gasteiger partial charge is 0.486 e. The molecule has 3 atom stereocenters. The maximum atomic E-state index is 13.4. The van der Waals surface area contributed by atoms with Gasteiger partial charge in [0.05, 0.1) is 12.0 Å². The third kappa shape index (κ3) is 4.90. The summed E-state index contributed by atoms with van der Waals surface area (Å²) in [5.41, 5.74) is 1.91. The third-order valence-corrected chi connectivity index (χ3v) is 8.51. The van der Waals surface area contributed by atoms with Gasteiger partial charge >= 0.3 is 0 Å². The summed E-state index contributed by atoms with van der Waals surface area (Å²) in [5, 5.41) is 18.0. The molecule has 4 heterocycles. The first-order valence-corrected chi connectivity index (χ1v) is 13.8. The van der Waals surface area contributed by atoms with E-state index in [-0.39, 0.29) is 11.8 Å². The van der Waals surface area contributed by atoms with Crippen LogP contribution in [0.2, 0.25) is 0 Å². The Morgan fingerprint density at radius 2 is 1.89 bits per heavy atom. The van der Waals surface area contributed by atoms with Crippen molar-refractivity contribution in [2.24, 2.45) is 5.92 Å². The number of likely N-dealkylation sites (tertiary alicyclic amines) is 1. The number of nitrogens with zero attached hydrogens (tertiary/aromatic N) is 2. The number of hydrogen-bond acceptors (Lipinski definition) is 7. The molecule has 7 nitrogen and oxygen atoms in total. The summed E-state index contributed by atoms with van der Waals surface area (Å²) in [5.74, 6) is 1.27. The number of thiophene rings is 1. The minimum Gasteiger partial charge on any atom is -0.486 e. The van der Waals surface area contributed by atoms with E-state index in [0.29, 0.717) is 37.8 Å². The monoisotopic (exact) mass is 507 g/mol. The van der Waals surface area contributed by atoms with Crippen LogP contribution in [-0.2, 0) is 4.79 Å². The molecule has 190 valence electrons. The zero-order chi connectivity index (χ0) is 24.5. The van der Waals surface area contributed by atoms with Gasteiger partial charge in [-0.25, -0.2) is 0 Å². The van der Waals surface area contributed by atoms with Crippen LogP contribution in [0.3, 0.4) is 0 Å². The Morgan fingerprint density at radius 1 is 1.06 bits per heavy atom. The van der Waals surface area contributed by atoms with E-state index in [0.717, 1.165) is 44.5 Å². The first-order valence-electron chi connectivity index (χ1n) is 13.0. The lowest BCUT2D eigenvalue weighted by atomic mass is 9.99. The smallest absolute Gasteiger partial charge is 0.225 e. The second-order valence-corrected chi connectivity index (χ2v) is 11.0. The van der Waals surface area contributed by atoms with Crippen molar-refractivity contribution in [1.29, 1.82) is 0 Å². The van der Waals surface area contributed by atoms with Crippen LogP contribution >= 0.6 is 11.3 Å². The van der Waals surface area contributed by atoms with E-state index in [2.05, 4.69) is 44.8 Å². The van der Waals surface area contributed by atoms with Crippen LogP contribution in [0, 0.1) is 5.92 Å². The van der Waals surface area contributed by atoms with E-state index in [1.54, 1.807) is 11.3 Å². The molecule has 1 amide bonds. The Bertz CT molecular complexity index is 1220. The van der Waals surface area contributed by atoms with Gasteiger partial charge in [0.1, 0.15) is 19.3 Å². The molecule has 8 heteroatoms. The molecule has 2 saturated heterocycles. The van der Waals surface area contributed by atoms with Gasteiger partial charge < -0.3 is 29.7 Å². The highest BCUT2D eigenvalue weighted by molar-refractivity contribution is 7.17. The summed E-state index contributed by atoms with van der Waals surface area (Å²) >= 11 is 1.75. The topological polar surface area (TPSA) is 74.3 Å². The molecule has 0 saturated carbocycles. The molecule has 0 spiro atoms. The van der Waals surface area contributed by atoms with E-state index < -0.39 is 12.1 Å². The molecular formula is C28H33N3O4S. The summed E-state index contributed by atoms with van der Waals surface area (Å²) in [6.45, 7) is 5.22. The number of rotatable bonds is 7. The molecule has 0 radical (unpaired) electrons. The lowest BCUT2D eigenvalue weighted by Crippen LogP contribution is -2.48. The Hall–Kier alpha value is -2.81. The van der Waals surface area contributed by atoms with E-state index in [9.17, 15) is 9.90 Å². The van der Waals surface area contributed by atoms with Gasteiger partial charge in [0.25, 0.3) is 0 Å². The van der Waals surface area contributed by atoms with Crippen molar-refractivity contribution in [3.8, 4) is 11.5 Å². The van der Waals surface area contributed by atoms with Crippen molar-refractivity contribution < 1.29 is 19.4 Å². The summed E-state index contributed by atoms with van der Waals surface area (Å²) < 4.78 is 12.6. The normalized spacial score (nSPS) is 21.6. The standard InChI is InChI=1S/C28H33N3O4S/c32-27(20-4-6-24-25(15-20)35-13-12-34-24)23(18-30-9-1-2-10-30)29-28(33)21-7-11-31(17-21)22-5-3-19-8-14-36-26(19)16-22/h3-6,8,14-16,21,23,27,32H,1-2,7,9-13,17-18H2,(H,29,33)/t21-,23-,27-/m1/s1. The van der Waals surface area contributed by atoms with Crippen molar-refractivity contribution in [1.82, 2.24) is 10.2 Å². The number of aliphatic hydroxyl groups excluding tert-OH is 1. The molecule has 6 rings (SSSR count). The number of aliphatic hydroxyl groups is 1.